The first kappa shape index (κ1) is 14.2. The number of rotatable bonds is 3. The van der Waals surface area contributed by atoms with Gasteiger partial charge in [0.2, 0.25) is 0 Å². The maximum absolute atomic E-state index is 13.8. The highest BCUT2D eigenvalue weighted by Crippen LogP contribution is 2.30. The third-order valence-corrected chi connectivity index (χ3v) is 4.11. The Labute approximate surface area is 129 Å². The summed E-state index contributed by atoms with van der Waals surface area (Å²) in [6.07, 6.45) is 0.271. The second-order valence-electron chi connectivity index (χ2n) is 4.76. The van der Waals surface area contributed by atoms with Gasteiger partial charge in [0.05, 0.1) is 16.4 Å². The molecule has 0 aliphatic rings. The number of nitrogens with one attached hydrogen (secondary N) is 2. The zero-order valence-electron chi connectivity index (χ0n) is 10.8. The Morgan fingerprint density at radius 2 is 1.90 bits per heavy atom. The maximum atomic E-state index is 13.8. The summed E-state index contributed by atoms with van der Waals surface area (Å²) in [6.45, 7) is 0. The quantitative estimate of drug-likeness (QED) is 0.698. The Bertz CT molecular complexity index is 836. The number of aromatic nitrogens is 2. The molecule has 2 aromatic carbocycles. The van der Waals surface area contributed by atoms with Crippen LogP contribution in [-0.2, 0) is 6.42 Å². The van der Waals surface area contributed by atoms with Gasteiger partial charge in [-0.2, -0.15) is 0 Å². The molecule has 3 aromatic rings. The van der Waals surface area contributed by atoms with Crippen molar-refractivity contribution in [3.05, 3.63) is 68.8 Å². The van der Waals surface area contributed by atoms with Gasteiger partial charge in [-0.1, -0.05) is 23.7 Å². The van der Waals surface area contributed by atoms with Crippen molar-refractivity contribution in [2.75, 3.05) is 0 Å². The van der Waals surface area contributed by atoms with Crippen LogP contribution >= 0.6 is 23.2 Å². The molecule has 0 aliphatic heterocycles. The van der Waals surface area contributed by atoms with Crippen molar-refractivity contribution in [1.82, 2.24) is 9.97 Å². The molecule has 1 atom stereocenters. The monoisotopic (exact) mass is 324 g/mol. The molecule has 0 radical (unpaired) electrons. The summed E-state index contributed by atoms with van der Waals surface area (Å²) in [7, 11) is 0. The zero-order valence-corrected chi connectivity index (χ0v) is 12.3. The van der Waals surface area contributed by atoms with Crippen LogP contribution in [0.2, 0.25) is 5.02 Å². The van der Waals surface area contributed by atoms with E-state index in [0.717, 1.165) is 5.56 Å². The lowest BCUT2D eigenvalue weighted by Gasteiger charge is -2.12. The molecule has 0 aliphatic carbocycles. The minimum Gasteiger partial charge on any atom is -0.306 e. The fraction of sp³-hybridized carbons (Fsp3) is 0.133. The van der Waals surface area contributed by atoms with E-state index in [0.29, 0.717) is 21.6 Å². The van der Waals surface area contributed by atoms with Gasteiger partial charge in [0.15, 0.2) is 0 Å². The molecule has 3 nitrogen and oxygen atoms in total. The Morgan fingerprint density at radius 1 is 1.14 bits per heavy atom. The average Bonchev–Trinajstić information content (AvgIpc) is 2.81. The lowest BCUT2D eigenvalue weighted by molar-refractivity contribution is 0.607. The maximum Gasteiger partial charge on any atom is 0.323 e. The van der Waals surface area contributed by atoms with Crippen molar-refractivity contribution in [1.29, 1.82) is 0 Å². The number of hydrogen-bond acceptors (Lipinski definition) is 1. The molecule has 108 valence electrons. The number of imidazole rings is 1. The summed E-state index contributed by atoms with van der Waals surface area (Å²) in [5, 5.41) is -0.0843. The minimum absolute atomic E-state index is 0.271. The van der Waals surface area contributed by atoms with Crippen molar-refractivity contribution in [2.24, 2.45) is 0 Å². The van der Waals surface area contributed by atoms with E-state index in [1.54, 1.807) is 30.3 Å². The second kappa shape index (κ2) is 5.54. The third kappa shape index (κ3) is 2.82. The van der Waals surface area contributed by atoms with Crippen molar-refractivity contribution in [3.8, 4) is 0 Å². The van der Waals surface area contributed by atoms with E-state index in [2.05, 4.69) is 9.97 Å². The molecule has 2 N–H and O–H groups in total. The lowest BCUT2D eigenvalue weighted by Crippen LogP contribution is -2.00. The molecule has 0 spiro atoms. The van der Waals surface area contributed by atoms with Gasteiger partial charge >= 0.3 is 5.69 Å². The van der Waals surface area contributed by atoms with E-state index in [4.69, 9.17) is 23.2 Å². The van der Waals surface area contributed by atoms with Gasteiger partial charge < -0.3 is 9.97 Å². The number of benzene rings is 2. The van der Waals surface area contributed by atoms with Gasteiger partial charge in [-0.05, 0) is 36.2 Å². The van der Waals surface area contributed by atoms with Crippen LogP contribution in [-0.4, -0.2) is 9.97 Å². The van der Waals surface area contributed by atoms with Crippen LogP contribution in [0.15, 0.2) is 41.2 Å². The predicted molar refractivity (Wildman–Crippen MR) is 82.6 cm³/mol. The van der Waals surface area contributed by atoms with E-state index in [9.17, 15) is 9.18 Å². The molecule has 6 heteroatoms. The second-order valence-corrected chi connectivity index (χ2v) is 5.69. The summed E-state index contributed by atoms with van der Waals surface area (Å²) in [5.74, 6) is -0.371. The number of alkyl halides is 1. The first-order chi connectivity index (χ1) is 10.0. The van der Waals surface area contributed by atoms with Gasteiger partial charge in [-0.15, -0.1) is 11.6 Å². The minimum atomic E-state index is -0.442. The molecule has 1 aromatic heterocycles. The standard InChI is InChI=1S/C15H11Cl2FN2O/c16-10-2-1-3-12(18)9(10)7-11(17)8-4-5-13-14(6-8)20-15(21)19-13/h1-6,11H,7H2,(H2,19,20,21). The van der Waals surface area contributed by atoms with Crippen molar-refractivity contribution in [2.45, 2.75) is 11.8 Å². The molecule has 0 fully saturated rings. The lowest BCUT2D eigenvalue weighted by atomic mass is 10.0. The number of hydrogen-bond donors (Lipinski definition) is 2. The molecule has 1 unspecified atom stereocenters. The van der Waals surface area contributed by atoms with E-state index in [1.807, 2.05) is 0 Å². The summed E-state index contributed by atoms with van der Waals surface area (Å²) < 4.78 is 13.8. The Hall–Kier alpha value is -1.78. The highest BCUT2D eigenvalue weighted by atomic mass is 35.5. The van der Waals surface area contributed by atoms with Crippen molar-refractivity contribution < 1.29 is 4.39 Å². The first-order valence-corrected chi connectivity index (χ1v) is 7.15. The van der Waals surface area contributed by atoms with Crippen molar-refractivity contribution >= 4 is 34.2 Å². The molecule has 3 rings (SSSR count). The largest absolute Gasteiger partial charge is 0.323 e. The van der Waals surface area contributed by atoms with Crippen LogP contribution in [0.5, 0.6) is 0 Å². The molecule has 1 heterocycles. The SMILES string of the molecule is O=c1[nH]c2ccc(C(Cl)Cc3c(F)cccc3Cl)cc2[nH]1. The molecule has 0 saturated heterocycles. The first-order valence-electron chi connectivity index (χ1n) is 6.33. The highest BCUT2D eigenvalue weighted by Gasteiger charge is 2.15. The van der Waals surface area contributed by atoms with Gasteiger partial charge in [0.25, 0.3) is 0 Å². The zero-order chi connectivity index (χ0) is 15.0. The highest BCUT2D eigenvalue weighted by molar-refractivity contribution is 6.31. The summed E-state index contributed by atoms with van der Waals surface area (Å²) in [5.41, 5.74) is 2.28. The fourth-order valence-electron chi connectivity index (χ4n) is 2.27. The molecular weight excluding hydrogens is 314 g/mol. The molecule has 0 saturated carbocycles. The van der Waals surface area contributed by atoms with Crippen LogP contribution in [0.25, 0.3) is 11.0 Å². The van der Waals surface area contributed by atoms with Gasteiger partial charge in [0.1, 0.15) is 5.82 Å². The van der Waals surface area contributed by atoms with E-state index in [1.165, 1.54) is 6.07 Å². The topological polar surface area (TPSA) is 48.6 Å². The predicted octanol–water partition coefficient (Wildman–Crippen LogP) is 4.17. The number of aromatic amines is 2. The fourth-order valence-corrected chi connectivity index (χ4v) is 2.80. The average molecular weight is 325 g/mol. The number of fused-ring (bicyclic) bond motifs is 1. The molecule has 21 heavy (non-hydrogen) atoms. The Kier molecular flexibility index (Phi) is 3.74. The van der Waals surface area contributed by atoms with Gasteiger partial charge in [-0.3, -0.25) is 0 Å². The summed E-state index contributed by atoms with van der Waals surface area (Å²) in [6, 6.07) is 9.90. The van der Waals surface area contributed by atoms with Crippen LogP contribution in [0, 0.1) is 5.82 Å². The smallest absolute Gasteiger partial charge is 0.306 e. The van der Waals surface area contributed by atoms with Gasteiger partial charge in [0, 0.05) is 10.6 Å². The summed E-state index contributed by atoms with van der Waals surface area (Å²) in [4.78, 5) is 16.6. The number of H-pyrrole nitrogens is 2. The van der Waals surface area contributed by atoms with Crippen LogP contribution < -0.4 is 5.69 Å². The summed E-state index contributed by atoms with van der Waals surface area (Å²) >= 11 is 12.4. The van der Waals surface area contributed by atoms with Crippen LogP contribution in [0.4, 0.5) is 4.39 Å². The van der Waals surface area contributed by atoms with E-state index >= 15 is 0 Å². The van der Waals surface area contributed by atoms with Gasteiger partial charge in [-0.25, -0.2) is 9.18 Å². The van der Waals surface area contributed by atoms with Crippen LogP contribution in [0.1, 0.15) is 16.5 Å². The molecule has 0 bridgehead atoms. The number of halogens is 3. The van der Waals surface area contributed by atoms with E-state index in [-0.39, 0.29) is 17.9 Å². The third-order valence-electron chi connectivity index (χ3n) is 3.35. The Balaban J connectivity index is 1.93. The molecular formula is C15H11Cl2FN2O. The Morgan fingerprint density at radius 3 is 2.67 bits per heavy atom. The molecule has 0 amide bonds. The van der Waals surface area contributed by atoms with E-state index < -0.39 is 5.38 Å². The normalized spacial score (nSPS) is 12.7. The van der Waals surface area contributed by atoms with Crippen molar-refractivity contribution in [3.63, 3.8) is 0 Å². The van der Waals surface area contributed by atoms with Crippen LogP contribution in [0.3, 0.4) is 0 Å².